The summed E-state index contributed by atoms with van der Waals surface area (Å²) in [6, 6.07) is 4.75. The molecule has 17 heavy (non-hydrogen) atoms. The maximum atomic E-state index is 12.9. The number of rotatable bonds is 4. The lowest BCUT2D eigenvalue weighted by Crippen LogP contribution is -2.43. The van der Waals surface area contributed by atoms with Gasteiger partial charge in [-0.15, -0.1) is 12.4 Å². The van der Waals surface area contributed by atoms with E-state index < -0.39 is 0 Å². The van der Waals surface area contributed by atoms with E-state index in [1.54, 1.807) is 6.07 Å². The van der Waals surface area contributed by atoms with Crippen molar-refractivity contribution in [3.05, 3.63) is 34.1 Å². The molecule has 0 amide bonds. The molecule has 0 aliphatic heterocycles. The number of hydrogen-bond donors (Lipinski definition) is 1. The van der Waals surface area contributed by atoms with Crippen LogP contribution >= 0.6 is 28.3 Å². The summed E-state index contributed by atoms with van der Waals surface area (Å²) in [5, 5.41) is 0. The smallest absolute Gasteiger partial charge is 0.124 e. The average Bonchev–Trinajstić information content (AvgIpc) is 2.06. The fourth-order valence-corrected chi connectivity index (χ4v) is 2.17. The molecule has 5 heteroatoms. The first-order valence-corrected chi connectivity index (χ1v) is 5.98. The van der Waals surface area contributed by atoms with Crippen molar-refractivity contribution in [3.63, 3.8) is 0 Å². The summed E-state index contributed by atoms with van der Waals surface area (Å²) in [5.74, 6) is -0.225. The van der Waals surface area contributed by atoms with Crippen LogP contribution < -0.4 is 5.73 Å². The monoisotopic (exact) mass is 324 g/mol. The van der Waals surface area contributed by atoms with E-state index in [-0.39, 0.29) is 23.8 Å². The van der Waals surface area contributed by atoms with Gasteiger partial charge in [0.15, 0.2) is 0 Å². The van der Waals surface area contributed by atoms with E-state index in [1.807, 2.05) is 20.9 Å². The summed E-state index contributed by atoms with van der Waals surface area (Å²) in [5.41, 5.74) is 6.78. The van der Waals surface area contributed by atoms with E-state index in [0.29, 0.717) is 0 Å². The minimum atomic E-state index is -0.225. The molecular weight excluding hydrogens is 307 g/mol. The number of hydrogen-bond acceptors (Lipinski definition) is 2. The van der Waals surface area contributed by atoms with Crippen LogP contribution in [0.1, 0.15) is 19.4 Å². The normalized spacial score (nSPS) is 11.5. The molecule has 0 aliphatic carbocycles. The lowest BCUT2D eigenvalue weighted by molar-refractivity contribution is 0.263. The van der Waals surface area contributed by atoms with Crippen molar-refractivity contribution in [1.82, 2.24) is 4.90 Å². The Balaban J connectivity index is 0.00000256. The molecule has 0 radical (unpaired) electrons. The highest BCUT2D eigenvalue weighted by molar-refractivity contribution is 9.10. The van der Waals surface area contributed by atoms with Gasteiger partial charge in [0.25, 0.3) is 0 Å². The van der Waals surface area contributed by atoms with Gasteiger partial charge in [-0.2, -0.15) is 0 Å². The van der Waals surface area contributed by atoms with Crippen molar-refractivity contribution >= 4 is 28.3 Å². The lowest BCUT2D eigenvalue weighted by Gasteiger charge is -2.26. The van der Waals surface area contributed by atoms with Crippen LogP contribution in [0, 0.1) is 5.82 Å². The number of likely N-dealkylation sites (N-methyl/N-ethyl adjacent to an activating group) is 1. The number of benzene rings is 1. The molecule has 0 aliphatic rings. The van der Waals surface area contributed by atoms with Gasteiger partial charge in [-0.05, 0) is 38.6 Å². The Morgan fingerprint density at radius 3 is 2.47 bits per heavy atom. The summed E-state index contributed by atoms with van der Waals surface area (Å²) in [6.45, 7) is 5.52. The van der Waals surface area contributed by atoms with Gasteiger partial charge in [0, 0.05) is 23.1 Å². The van der Waals surface area contributed by atoms with Gasteiger partial charge in [-0.1, -0.05) is 22.0 Å². The van der Waals surface area contributed by atoms with Crippen molar-refractivity contribution in [2.45, 2.75) is 25.9 Å². The van der Waals surface area contributed by atoms with E-state index in [1.165, 1.54) is 12.1 Å². The van der Waals surface area contributed by atoms with Gasteiger partial charge in [0.2, 0.25) is 0 Å². The fraction of sp³-hybridized carbons (Fsp3) is 0.500. The Labute approximate surface area is 117 Å². The molecule has 1 aromatic rings. The summed E-state index contributed by atoms with van der Waals surface area (Å²) < 4.78 is 13.7. The largest absolute Gasteiger partial charge is 0.324 e. The Morgan fingerprint density at radius 1 is 1.41 bits per heavy atom. The van der Waals surface area contributed by atoms with Crippen LogP contribution in [-0.2, 0) is 6.54 Å². The zero-order chi connectivity index (χ0) is 12.3. The topological polar surface area (TPSA) is 29.3 Å². The second-order valence-corrected chi connectivity index (χ2v) is 5.75. The minimum absolute atomic E-state index is 0. The Hall–Kier alpha value is -0.160. The molecule has 0 heterocycles. The highest BCUT2D eigenvalue weighted by Crippen LogP contribution is 2.19. The minimum Gasteiger partial charge on any atom is -0.324 e. The summed E-state index contributed by atoms with van der Waals surface area (Å²) in [7, 11) is 2.00. The maximum Gasteiger partial charge on any atom is 0.124 e. The predicted molar refractivity (Wildman–Crippen MR) is 75.9 cm³/mol. The maximum absolute atomic E-state index is 12.9. The van der Waals surface area contributed by atoms with Crippen LogP contribution in [0.2, 0.25) is 0 Å². The van der Waals surface area contributed by atoms with Crippen molar-refractivity contribution in [1.29, 1.82) is 0 Å². The first kappa shape index (κ1) is 16.8. The fourth-order valence-electron chi connectivity index (χ4n) is 1.69. The van der Waals surface area contributed by atoms with E-state index >= 15 is 0 Å². The molecule has 0 aromatic heterocycles. The molecule has 0 bridgehead atoms. The number of nitrogens with zero attached hydrogens (tertiary/aromatic N) is 1. The Bertz CT molecular complexity index is 366. The first-order valence-electron chi connectivity index (χ1n) is 5.19. The van der Waals surface area contributed by atoms with Gasteiger partial charge in [-0.3, -0.25) is 0 Å². The van der Waals surface area contributed by atoms with E-state index in [4.69, 9.17) is 5.73 Å². The highest BCUT2D eigenvalue weighted by Gasteiger charge is 2.14. The van der Waals surface area contributed by atoms with Gasteiger partial charge in [0.05, 0.1) is 0 Å². The van der Waals surface area contributed by atoms with Crippen molar-refractivity contribution < 1.29 is 4.39 Å². The van der Waals surface area contributed by atoms with Crippen LogP contribution in [0.5, 0.6) is 0 Å². The number of nitrogens with two attached hydrogens (primary N) is 1. The van der Waals surface area contributed by atoms with Gasteiger partial charge in [0.1, 0.15) is 5.82 Å². The zero-order valence-corrected chi connectivity index (χ0v) is 12.7. The summed E-state index contributed by atoms with van der Waals surface area (Å²) in [6.07, 6.45) is 0. The molecule has 0 atom stereocenters. The third-order valence-corrected chi connectivity index (χ3v) is 2.87. The quantitative estimate of drug-likeness (QED) is 0.921. The van der Waals surface area contributed by atoms with Crippen molar-refractivity contribution in [2.75, 3.05) is 13.6 Å². The second kappa shape index (κ2) is 6.69. The molecule has 0 saturated heterocycles. The zero-order valence-electron chi connectivity index (χ0n) is 10.3. The molecule has 98 valence electrons. The molecular formula is C12H19BrClFN2. The van der Waals surface area contributed by atoms with Crippen LogP contribution in [-0.4, -0.2) is 24.0 Å². The van der Waals surface area contributed by atoms with Crippen molar-refractivity contribution in [2.24, 2.45) is 5.73 Å². The molecule has 0 unspecified atom stereocenters. The Morgan fingerprint density at radius 2 is 2.00 bits per heavy atom. The van der Waals surface area contributed by atoms with Gasteiger partial charge < -0.3 is 10.6 Å². The molecule has 0 spiro atoms. The van der Waals surface area contributed by atoms with Crippen LogP contribution in [0.4, 0.5) is 4.39 Å². The lowest BCUT2D eigenvalue weighted by atomic mass is 10.1. The Kier molecular flexibility index (Phi) is 6.62. The standard InChI is InChI=1S/C12H18BrFN2.ClH/c1-12(2,15)8-16(3)7-9-4-5-10(14)6-11(9)13;/h4-6H,7-8,15H2,1-3H3;1H. The van der Waals surface area contributed by atoms with Crippen LogP contribution in [0.25, 0.3) is 0 Å². The summed E-state index contributed by atoms with van der Waals surface area (Å²) in [4.78, 5) is 2.12. The molecule has 2 nitrogen and oxygen atoms in total. The predicted octanol–water partition coefficient (Wildman–Crippen LogP) is 3.18. The van der Waals surface area contributed by atoms with Crippen LogP contribution in [0.15, 0.2) is 22.7 Å². The third-order valence-electron chi connectivity index (χ3n) is 2.13. The molecule has 1 aromatic carbocycles. The van der Waals surface area contributed by atoms with E-state index in [2.05, 4.69) is 20.8 Å². The first-order chi connectivity index (χ1) is 7.28. The SMILES string of the molecule is CN(Cc1ccc(F)cc1Br)CC(C)(C)N.Cl. The van der Waals surface area contributed by atoms with Gasteiger partial charge >= 0.3 is 0 Å². The second-order valence-electron chi connectivity index (χ2n) is 4.90. The average molecular weight is 326 g/mol. The number of halogens is 3. The molecule has 2 N–H and O–H groups in total. The molecule has 0 fully saturated rings. The van der Waals surface area contributed by atoms with Gasteiger partial charge in [-0.25, -0.2) is 4.39 Å². The molecule has 1 rings (SSSR count). The highest BCUT2D eigenvalue weighted by atomic mass is 79.9. The summed E-state index contributed by atoms with van der Waals surface area (Å²) >= 11 is 3.36. The molecule has 0 saturated carbocycles. The van der Waals surface area contributed by atoms with E-state index in [9.17, 15) is 4.39 Å². The third kappa shape index (κ3) is 6.36. The van der Waals surface area contributed by atoms with Crippen molar-refractivity contribution in [3.8, 4) is 0 Å². The van der Waals surface area contributed by atoms with E-state index in [0.717, 1.165) is 23.1 Å². The van der Waals surface area contributed by atoms with Crippen LogP contribution in [0.3, 0.4) is 0 Å².